The monoisotopic (exact) mass is 316 g/mol. The van der Waals surface area contributed by atoms with Crippen molar-refractivity contribution in [2.75, 3.05) is 5.32 Å². The molecular formula is C16H20N4O3. The predicted molar refractivity (Wildman–Crippen MR) is 85.5 cm³/mol. The van der Waals surface area contributed by atoms with Gasteiger partial charge in [-0.05, 0) is 30.0 Å². The lowest BCUT2D eigenvalue weighted by molar-refractivity contribution is -0.117. The lowest BCUT2D eigenvalue weighted by Crippen LogP contribution is -2.21. The van der Waals surface area contributed by atoms with Gasteiger partial charge < -0.3 is 10.4 Å². The first kappa shape index (κ1) is 16.7. The number of carbonyl (C=O) groups is 2. The normalized spacial score (nSPS) is 10.8. The van der Waals surface area contributed by atoms with Crippen molar-refractivity contribution in [3.8, 4) is 0 Å². The number of aromatic carboxylic acids is 1. The molecule has 0 atom stereocenters. The largest absolute Gasteiger partial charge is 0.476 e. The summed E-state index contributed by atoms with van der Waals surface area (Å²) in [5.74, 6) is -0.993. The van der Waals surface area contributed by atoms with E-state index >= 15 is 0 Å². The van der Waals surface area contributed by atoms with Gasteiger partial charge in [-0.2, -0.15) is 0 Å². The predicted octanol–water partition coefficient (Wildman–Crippen LogP) is 2.30. The Kier molecular flexibility index (Phi) is 5.10. The molecule has 23 heavy (non-hydrogen) atoms. The molecule has 0 unspecified atom stereocenters. The molecule has 0 spiro atoms. The number of nitrogens with zero attached hydrogens (tertiary/aromatic N) is 3. The molecule has 0 aliphatic carbocycles. The highest BCUT2D eigenvalue weighted by molar-refractivity contribution is 5.91. The average Bonchev–Trinajstić information content (AvgIpc) is 2.90. The Morgan fingerprint density at radius 1 is 1.26 bits per heavy atom. The van der Waals surface area contributed by atoms with Crippen molar-refractivity contribution in [2.24, 2.45) is 0 Å². The van der Waals surface area contributed by atoms with Gasteiger partial charge in [0.2, 0.25) is 5.91 Å². The molecule has 0 bridgehead atoms. The third-order valence-electron chi connectivity index (χ3n) is 3.53. The summed E-state index contributed by atoms with van der Waals surface area (Å²) in [7, 11) is 0. The minimum Gasteiger partial charge on any atom is -0.476 e. The fourth-order valence-corrected chi connectivity index (χ4v) is 2.26. The van der Waals surface area contributed by atoms with Crippen molar-refractivity contribution in [2.45, 2.75) is 39.7 Å². The van der Waals surface area contributed by atoms with E-state index in [2.05, 4.69) is 29.5 Å². The maximum absolute atomic E-state index is 12.1. The first-order valence-electron chi connectivity index (χ1n) is 7.47. The summed E-state index contributed by atoms with van der Waals surface area (Å²) in [5.41, 5.74) is 2.21. The molecule has 1 heterocycles. The number of aromatic nitrogens is 3. The molecule has 1 aromatic carbocycles. The van der Waals surface area contributed by atoms with Crippen molar-refractivity contribution >= 4 is 17.6 Å². The molecule has 0 saturated heterocycles. The fourth-order valence-electron chi connectivity index (χ4n) is 2.26. The van der Waals surface area contributed by atoms with Gasteiger partial charge in [-0.3, -0.25) is 4.79 Å². The highest BCUT2D eigenvalue weighted by Crippen LogP contribution is 2.17. The molecule has 0 radical (unpaired) electrons. The number of carboxylic acid groups (broad SMARTS) is 1. The highest BCUT2D eigenvalue weighted by Gasteiger charge is 2.18. The van der Waals surface area contributed by atoms with Gasteiger partial charge in [0.15, 0.2) is 5.69 Å². The van der Waals surface area contributed by atoms with E-state index in [9.17, 15) is 9.59 Å². The minimum absolute atomic E-state index is 0.0740. The topological polar surface area (TPSA) is 97.1 Å². The Labute approximate surface area is 134 Å². The Bertz CT molecular complexity index is 705. The molecule has 2 N–H and O–H groups in total. The van der Waals surface area contributed by atoms with Gasteiger partial charge >= 0.3 is 5.97 Å². The van der Waals surface area contributed by atoms with Gasteiger partial charge in [0, 0.05) is 5.69 Å². The molecule has 1 amide bonds. The first-order chi connectivity index (χ1) is 10.9. The summed E-state index contributed by atoms with van der Waals surface area (Å²) < 4.78 is 1.32. The number of amides is 1. The van der Waals surface area contributed by atoms with Crippen LogP contribution < -0.4 is 5.32 Å². The van der Waals surface area contributed by atoms with E-state index in [0.717, 1.165) is 0 Å². The van der Waals surface area contributed by atoms with Crippen molar-refractivity contribution in [3.63, 3.8) is 0 Å². The molecule has 0 saturated carbocycles. The van der Waals surface area contributed by atoms with E-state index in [1.54, 1.807) is 6.92 Å². The van der Waals surface area contributed by atoms with Crippen molar-refractivity contribution in [1.29, 1.82) is 0 Å². The van der Waals surface area contributed by atoms with Crippen LogP contribution in [0.1, 0.15) is 48.4 Å². The van der Waals surface area contributed by atoms with Crippen LogP contribution in [0, 0.1) is 0 Å². The van der Waals surface area contributed by atoms with Crippen LogP contribution in [0.3, 0.4) is 0 Å². The molecular weight excluding hydrogens is 296 g/mol. The average molecular weight is 316 g/mol. The quantitative estimate of drug-likeness (QED) is 0.852. The molecule has 2 rings (SSSR count). The lowest BCUT2D eigenvalue weighted by atomic mass is 10.0. The molecule has 0 fully saturated rings. The van der Waals surface area contributed by atoms with Crippen LogP contribution in [0.5, 0.6) is 0 Å². The maximum atomic E-state index is 12.1. The smallest absolute Gasteiger partial charge is 0.358 e. The fraction of sp³-hybridized carbons (Fsp3) is 0.375. The summed E-state index contributed by atoms with van der Waals surface area (Å²) in [5, 5.41) is 19.2. The molecule has 7 heteroatoms. The third kappa shape index (κ3) is 3.94. The van der Waals surface area contributed by atoms with Crippen LogP contribution in [-0.2, 0) is 17.8 Å². The van der Waals surface area contributed by atoms with Crippen LogP contribution in [0.25, 0.3) is 0 Å². The van der Waals surface area contributed by atoms with Gasteiger partial charge in [-0.25, -0.2) is 9.48 Å². The zero-order chi connectivity index (χ0) is 17.0. The van der Waals surface area contributed by atoms with Gasteiger partial charge in [-0.1, -0.05) is 38.1 Å². The number of benzene rings is 1. The lowest BCUT2D eigenvalue weighted by Gasteiger charge is -2.09. The zero-order valence-electron chi connectivity index (χ0n) is 13.4. The SMILES string of the molecule is CCc1c(C(=O)O)nnn1CC(=O)Nc1ccc(C(C)C)cc1. The standard InChI is InChI=1S/C16H20N4O3/c1-4-13-15(16(22)23)18-19-20(13)9-14(21)17-12-7-5-11(6-8-12)10(2)3/h5-8,10H,4,9H2,1-3H3,(H,17,21)(H,22,23). The molecule has 2 aromatic rings. The van der Waals surface area contributed by atoms with Crippen LogP contribution in [0.15, 0.2) is 24.3 Å². The van der Waals surface area contributed by atoms with E-state index in [1.807, 2.05) is 24.3 Å². The molecule has 7 nitrogen and oxygen atoms in total. The maximum Gasteiger partial charge on any atom is 0.358 e. The van der Waals surface area contributed by atoms with E-state index in [-0.39, 0.29) is 18.1 Å². The molecule has 122 valence electrons. The van der Waals surface area contributed by atoms with E-state index < -0.39 is 5.97 Å². The van der Waals surface area contributed by atoms with Gasteiger partial charge in [0.05, 0.1) is 5.69 Å². The van der Waals surface area contributed by atoms with E-state index in [0.29, 0.717) is 23.7 Å². The van der Waals surface area contributed by atoms with E-state index in [4.69, 9.17) is 5.11 Å². The highest BCUT2D eigenvalue weighted by atomic mass is 16.4. The third-order valence-corrected chi connectivity index (χ3v) is 3.53. The van der Waals surface area contributed by atoms with Gasteiger partial charge in [0.25, 0.3) is 0 Å². The van der Waals surface area contributed by atoms with Crippen LogP contribution in [-0.4, -0.2) is 32.0 Å². The second-order valence-corrected chi connectivity index (χ2v) is 5.53. The summed E-state index contributed by atoms with van der Waals surface area (Å²) >= 11 is 0. The Hall–Kier alpha value is -2.70. The van der Waals surface area contributed by atoms with Crippen molar-refractivity contribution in [3.05, 3.63) is 41.2 Å². The Balaban J connectivity index is 2.06. The molecule has 0 aliphatic rings. The minimum atomic E-state index is -1.14. The number of nitrogens with one attached hydrogen (secondary N) is 1. The molecule has 0 aliphatic heterocycles. The van der Waals surface area contributed by atoms with Gasteiger partial charge in [-0.15, -0.1) is 5.10 Å². The number of anilines is 1. The summed E-state index contributed by atoms with van der Waals surface area (Å²) in [6, 6.07) is 7.63. The van der Waals surface area contributed by atoms with Crippen LogP contribution >= 0.6 is 0 Å². The summed E-state index contributed by atoms with van der Waals surface area (Å²) in [6.07, 6.45) is 0.436. The van der Waals surface area contributed by atoms with Gasteiger partial charge in [0.1, 0.15) is 6.54 Å². The number of rotatable bonds is 6. The number of hydrogen-bond acceptors (Lipinski definition) is 4. The second kappa shape index (κ2) is 7.04. The second-order valence-electron chi connectivity index (χ2n) is 5.53. The van der Waals surface area contributed by atoms with Crippen LogP contribution in [0.4, 0.5) is 5.69 Å². The first-order valence-corrected chi connectivity index (χ1v) is 7.47. The number of carbonyl (C=O) groups excluding carboxylic acids is 1. The molecule has 1 aromatic heterocycles. The Morgan fingerprint density at radius 2 is 1.91 bits per heavy atom. The van der Waals surface area contributed by atoms with Crippen molar-refractivity contribution < 1.29 is 14.7 Å². The van der Waals surface area contributed by atoms with Crippen LogP contribution in [0.2, 0.25) is 0 Å². The zero-order valence-corrected chi connectivity index (χ0v) is 13.4. The number of carboxylic acids is 1. The summed E-state index contributed by atoms with van der Waals surface area (Å²) in [4.78, 5) is 23.1. The Morgan fingerprint density at radius 3 is 2.43 bits per heavy atom. The summed E-state index contributed by atoms with van der Waals surface area (Å²) in [6.45, 7) is 5.93. The number of hydrogen-bond donors (Lipinski definition) is 2. The van der Waals surface area contributed by atoms with Crippen molar-refractivity contribution in [1.82, 2.24) is 15.0 Å². The van der Waals surface area contributed by atoms with E-state index in [1.165, 1.54) is 10.2 Å².